The summed E-state index contributed by atoms with van der Waals surface area (Å²) in [6.45, 7) is 2.37. The van der Waals surface area contributed by atoms with Crippen molar-refractivity contribution in [3.8, 4) is 0 Å². The van der Waals surface area contributed by atoms with E-state index in [1.54, 1.807) is 12.3 Å². The van der Waals surface area contributed by atoms with E-state index in [2.05, 4.69) is 4.98 Å². The number of anilines is 1. The summed E-state index contributed by atoms with van der Waals surface area (Å²) in [5, 5.41) is 9.63. The first-order chi connectivity index (χ1) is 12.2. The maximum atomic E-state index is 14.0. The highest BCUT2D eigenvalue weighted by Gasteiger charge is 2.26. The largest absolute Gasteiger partial charge is 0.393 e. The summed E-state index contributed by atoms with van der Waals surface area (Å²) in [4.78, 5) is 19.6. The van der Waals surface area contributed by atoms with Gasteiger partial charge in [-0.1, -0.05) is 0 Å². The number of aliphatic hydroxyl groups excluding tert-OH is 1. The molecule has 0 aromatic carbocycles. The number of carbonyl (C=O) groups is 1. The summed E-state index contributed by atoms with van der Waals surface area (Å²) in [7, 11) is 0. The second kappa shape index (κ2) is 8.61. The summed E-state index contributed by atoms with van der Waals surface area (Å²) >= 11 is 0. The van der Waals surface area contributed by atoms with E-state index in [1.807, 2.05) is 9.80 Å². The van der Waals surface area contributed by atoms with E-state index in [9.17, 15) is 14.3 Å². The van der Waals surface area contributed by atoms with Gasteiger partial charge in [0, 0.05) is 31.9 Å². The lowest BCUT2D eigenvalue weighted by Crippen LogP contribution is -2.41. The van der Waals surface area contributed by atoms with Gasteiger partial charge in [0.1, 0.15) is 0 Å². The van der Waals surface area contributed by atoms with Crippen LogP contribution in [-0.2, 0) is 4.79 Å². The molecule has 2 aliphatic rings. The van der Waals surface area contributed by atoms with Crippen LogP contribution in [0.25, 0.3) is 0 Å². The molecule has 2 heterocycles. The number of aliphatic hydroxyl groups is 1. The SMILES string of the molecule is O=CN(CCC1CCCN(c2ncccc2F)C1)C1CCC(O)CC1. The van der Waals surface area contributed by atoms with Gasteiger partial charge in [0.25, 0.3) is 0 Å². The molecule has 1 aliphatic carbocycles. The Hall–Kier alpha value is -1.69. The van der Waals surface area contributed by atoms with E-state index in [0.29, 0.717) is 11.7 Å². The molecule has 2 fully saturated rings. The molecule has 3 rings (SSSR count). The molecule has 0 spiro atoms. The molecule has 138 valence electrons. The first kappa shape index (κ1) is 18.1. The van der Waals surface area contributed by atoms with E-state index in [4.69, 9.17) is 0 Å². The van der Waals surface area contributed by atoms with Crippen LogP contribution in [0.1, 0.15) is 44.9 Å². The normalized spacial score (nSPS) is 27.1. The van der Waals surface area contributed by atoms with Gasteiger partial charge in [-0.25, -0.2) is 9.37 Å². The van der Waals surface area contributed by atoms with Crippen molar-refractivity contribution >= 4 is 12.2 Å². The van der Waals surface area contributed by atoms with Crippen molar-refractivity contribution in [1.82, 2.24) is 9.88 Å². The molecular formula is C19H28FN3O2. The number of piperidine rings is 1. The number of halogens is 1. The molecule has 1 aromatic heterocycles. The van der Waals surface area contributed by atoms with Crippen LogP contribution in [-0.4, -0.2) is 53.2 Å². The minimum atomic E-state index is -0.265. The van der Waals surface area contributed by atoms with E-state index in [1.165, 1.54) is 6.07 Å². The van der Waals surface area contributed by atoms with Gasteiger partial charge in [-0.2, -0.15) is 0 Å². The van der Waals surface area contributed by atoms with E-state index >= 15 is 0 Å². The number of rotatable bonds is 6. The molecule has 0 bridgehead atoms. The van der Waals surface area contributed by atoms with Crippen molar-refractivity contribution in [3.63, 3.8) is 0 Å². The standard InChI is InChI=1S/C19H28FN3O2/c20-18-4-1-10-21-19(18)22-11-2-3-15(13-22)9-12-23(14-24)16-5-7-17(25)8-6-16/h1,4,10,14-17,25H,2-3,5-9,11-13H2. The first-order valence-electron chi connectivity index (χ1n) is 9.42. The number of hydrogen-bond acceptors (Lipinski definition) is 4. The predicted octanol–water partition coefficient (Wildman–Crippen LogP) is 2.59. The average molecular weight is 349 g/mol. The highest BCUT2D eigenvalue weighted by Crippen LogP contribution is 2.27. The maximum Gasteiger partial charge on any atom is 0.209 e. The number of nitrogens with zero attached hydrogens (tertiary/aromatic N) is 3. The van der Waals surface area contributed by atoms with Gasteiger partial charge in [-0.15, -0.1) is 0 Å². The molecule has 1 unspecified atom stereocenters. The summed E-state index contributed by atoms with van der Waals surface area (Å²) < 4.78 is 14.0. The number of aromatic nitrogens is 1. The van der Waals surface area contributed by atoms with Crippen LogP contribution >= 0.6 is 0 Å². The van der Waals surface area contributed by atoms with Gasteiger partial charge in [-0.05, 0) is 63.0 Å². The van der Waals surface area contributed by atoms with Crippen molar-refractivity contribution in [2.45, 2.75) is 57.1 Å². The van der Waals surface area contributed by atoms with E-state index < -0.39 is 0 Å². The Bertz CT molecular complexity index is 563. The number of pyridine rings is 1. The van der Waals surface area contributed by atoms with Gasteiger partial charge >= 0.3 is 0 Å². The summed E-state index contributed by atoms with van der Waals surface area (Å²) in [5.41, 5.74) is 0. The quantitative estimate of drug-likeness (QED) is 0.802. The van der Waals surface area contributed by atoms with Crippen molar-refractivity contribution in [3.05, 3.63) is 24.1 Å². The maximum absolute atomic E-state index is 14.0. The summed E-state index contributed by atoms with van der Waals surface area (Å²) in [6.07, 6.45) is 8.79. The lowest BCUT2D eigenvalue weighted by molar-refractivity contribution is -0.121. The number of amides is 1. The van der Waals surface area contributed by atoms with Crippen LogP contribution < -0.4 is 4.90 Å². The van der Waals surface area contributed by atoms with Crippen LogP contribution in [0, 0.1) is 11.7 Å². The second-order valence-electron chi connectivity index (χ2n) is 7.36. The Balaban J connectivity index is 1.52. The average Bonchev–Trinajstić information content (AvgIpc) is 2.64. The van der Waals surface area contributed by atoms with Gasteiger partial charge < -0.3 is 14.9 Å². The van der Waals surface area contributed by atoms with Gasteiger partial charge in [-0.3, -0.25) is 4.79 Å². The molecule has 1 amide bonds. The van der Waals surface area contributed by atoms with Crippen molar-refractivity contribution in [1.29, 1.82) is 0 Å². The molecule has 1 aromatic rings. The van der Waals surface area contributed by atoms with Crippen LogP contribution in [0.15, 0.2) is 18.3 Å². The zero-order chi connectivity index (χ0) is 17.6. The minimum absolute atomic E-state index is 0.204. The van der Waals surface area contributed by atoms with Crippen LogP contribution in [0.4, 0.5) is 10.2 Å². The molecule has 25 heavy (non-hydrogen) atoms. The minimum Gasteiger partial charge on any atom is -0.393 e. The molecule has 0 radical (unpaired) electrons. The molecule has 1 atom stereocenters. The fourth-order valence-electron chi connectivity index (χ4n) is 4.15. The number of carbonyl (C=O) groups excluding carboxylic acids is 1. The molecule has 1 saturated heterocycles. The van der Waals surface area contributed by atoms with Crippen LogP contribution in [0.3, 0.4) is 0 Å². The lowest BCUT2D eigenvalue weighted by Gasteiger charge is -2.37. The van der Waals surface area contributed by atoms with Crippen LogP contribution in [0.2, 0.25) is 0 Å². The Kier molecular flexibility index (Phi) is 6.24. The van der Waals surface area contributed by atoms with E-state index in [0.717, 1.165) is 71.0 Å². The molecule has 1 aliphatic heterocycles. The Morgan fingerprint density at radius 1 is 1.32 bits per heavy atom. The van der Waals surface area contributed by atoms with Crippen molar-refractivity contribution in [2.24, 2.45) is 5.92 Å². The van der Waals surface area contributed by atoms with Gasteiger partial charge in [0.15, 0.2) is 11.6 Å². The zero-order valence-electron chi connectivity index (χ0n) is 14.7. The lowest BCUT2D eigenvalue weighted by atomic mass is 9.91. The fraction of sp³-hybridized carbons (Fsp3) is 0.684. The molecular weight excluding hydrogens is 321 g/mol. The first-order valence-corrected chi connectivity index (χ1v) is 9.42. The fourth-order valence-corrected chi connectivity index (χ4v) is 4.15. The van der Waals surface area contributed by atoms with Gasteiger partial charge in [0.2, 0.25) is 6.41 Å². The molecule has 1 N–H and O–H groups in total. The van der Waals surface area contributed by atoms with Crippen LogP contribution in [0.5, 0.6) is 0 Å². The Morgan fingerprint density at radius 3 is 2.84 bits per heavy atom. The number of hydrogen-bond donors (Lipinski definition) is 1. The zero-order valence-corrected chi connectivity index (χ0v) is 14.7. The Morgan fingerprint density at radius 2 is 2.12 bits per heavy atom. The third-order valence-corrected chi connectivity index (χ3v) is 5.62. The highest BCUT2D eigenvalue weighted by atomic mass is 19.1. The molecule has 1 saturated carbocycles. The monoisotopic (exact) mass is 349 g/mol. The van der Waals surface area contributed by atoms with Gasteiger partial charge in [0.05, 0.1) is 6.10 Å². The summed E-state index contributed by atoms with van der Waals surface area (Å²) in [6, 6.07) is 3.33. The molecule has 5 nitrogen and oxygen atoms in total. The third-order valence-electron chi connectivity index (χ3n) is 5.62. The smallest absolute Gasteiger partial charge is 0.209 e. The topological polar surface area (TPSA) is 56.7 Å². The predicted molar refractivity (Wildman–Crippen MR) is 94.8 cm³/mol. The van der Waals surface area contributed by atoms with Crippen molar-refractivity contribution < 1.29 is 14.3 Å². The van der Waals surface area contributed by atoms with E-state index in [-0.39, 0.29) is 18.0 Å². The highest BCUT2D eigenvalue weighted by molar-refractivity contribution is 5.47. The molecule has 6 heteroatoms. The third kappa shape index (κ3) is 4.69. The Labute approximate surface area is 148 Å². The van der Waals surface area contributed by atoms with Crippen molar-refractivity contribution in [2.75, 3.05) is 24.5 Å². The summed E-state index contributed by atoms with van der Waals surface area (Å²) in [5.74, 6) is 0.630. The second-order valence-corrected chi connectivity index (χ2v) is 7.36.